The standard InChI is InChI=1S/C20H26O2/c1-20(2,3)19(22)16-12-7-5-4-6-11-15-18(21)17-13-9-8-10-14-17/h8-16H,4-7H2,1-3H3/b15-11+,16-12+. The van der Waals surface area contributed by atoms with Crippen molar-refractivity contribution in [2.24, 2.45) is 5.41 Å². The molecule has 1 aromatic carbocycles. The zero-order valence-corrected chi connectivity index (χ0v) is 13.8. The van der Waals surface area contributed by atoms with Gasteiger partial charge in [0.2, 0.25) is 0 Å². The van der Waals surface area contributed by atoms with Crippen molar-refractivity contribution in [1.29, 1.82) is 0 Å². The van der Waals surface area contributed by atoms with E-state index in [9.17, 15) is 9.59 Å². The summed E-state index contributed by atoms with van der Waals surface area (Å²) in [7, 11) is 0. The van der Waals surface area contributed by atoms with Gasteiger partial charge in [-0.05, 0) is 37.8 Å². The molecule has 0 fully saturated rings. The van der Waals surface area contributed by atoms with Gasteiger partial charge in [0.05, 0.1) is 0 Å². The monoisotopic (exact) mass is 298 g/mol. The first kappa shape index (κ1) is 18.1. The number of allylic oxidation sites excluding steroid dienone is 4. The van der Waals surface area contributed by atoms with Crippen LogP contribution in [0.15, 0.2) is 54.6 Å². The number of benzene rings is 1. The van der Waals surface area contributed by atoms with E-state index in [1.165, 1.54) is 0 Å². The van der Waals surface area contributed by atoms with Gasteiger partial charge in [0.25, 0.3) is 0 Å². The lowest BCUT2D eigenvalue weighted by molar-refractivity contribution is -0.121. The minimum atomic E-state index is -0.295. The first-order chi connectivity index (χ1) is 10.4. The van der Waals surface area contributed by atoms with Crippen molar-refractivity contribution in [1.82, 2.24) is 0 Å². The number of hydrogen-bond acceptors (Lipinski definition) is 2. The lowest BCUT2D eigenvalue weighted by atomic mass is 9.90. The Morgan fingerprint density at radius 1 is 0.909 bits per heavy atom. The fourth-order valence-electron chi connectivity index (χ4n) is 1.85. The van der Waals surface area contributed by atoms with Crippen LogP contribution in [0.1, 0.15) is 56.8 Å². The number of rotatable bonds is 8. The van der Waals surface area contributed by atoms with E-state index in [4.69, 9.17) is 0 Å². The molecule has 0 saturated carbocycles. The molecule has 0 unspecified atom stereocenters. The molecule has 0 saturated heterocycles. The molecule has 1 aromatic rings. The number of hydrogen-bond donors (Lipinski definition) is 0. The predicted molar refractivity (Wildman–Crippen MR) is 92.0 cm³/mol. The van der Waals surface area contributed by atoms with Gasteiger partial charge in [0.15, 0.2) is 11.6 Å². The molecule has 0 aliphatic rings. The van der Waals surface area contributed by atoms with Crippen LogP contribution >= 0.6 is 0 Å². The molecular formula is C20H26O2. The van der Waals surface area contributed by atoms with E-state index < -0.39 is 0 Å². The van der Waals surface area contributed by atoms with Crippen molar-refractivity contribution in [2.45, 2.75) is 46.5 Å². The average Bonchev–Trinajstić information content (AvgIpc) is 2.49. The van der Waals surface area contributed by atoms with Crippen LogP contribution in [0.3, 0.4) is 0 Å². The van der Waals surface area contributed by atoms with Crippen LogP contribution in [-0.4, -0.2) is 11.6 Å². The molecular weight excluding hydrogens is 272 g/mol. The van der Waals surface area contributed by atoms with Gasteiger partial charge in [-0.25, -0.2) is 0 Å². The number of carbonyl (C=O) groups is 2. The SMILES string of the molecule is CC(C)(C)C(=O)/C=C/CCCC/C=C/C(=O)c1ccccc1. The van der Waals surface area contributed by atoms with Gasteiger partial charge < -0.3 is 0 Å². The molecule has 0 bridgehead atoms. The fourth-order valence-corrected chi connectivity index (χ4v) is 1.85. The normalized spacial score (nSPS) is 12.1. The quantitative estimate of drug-likeness (QED) is 0.377. The van der Waals surface area contributed by atoms with Crippen LogP contribution in [0, 0.1) is 5.41 Å². The Bertz CT molecular complexity index is 531. The second-order valence-electron chi connectivity index (χ2n) is 6.43. The van der Waals surface area contributed by atoms with Crippen molar-refractivity contribution in [3.63, 3.8) is 0 Å². The van der Waals surface area contributed by atoms with Gasteiger partial charge >= 0.3 is 0 Å². The molecule has 0 aliphatic heterocycles. The van der Waals surface area contributed by atoms with Crippen LogP contribution in [0.2, 0.25) is 0 Å². The number of ketones is 2. The highest BCUT2D eigenvalue weighted by Crippen LogP contribution is 2.15. The van der Waals surface area contributed by atoms with Crippen LogP contribution in [0.4, 0.5) is 0 Å². The average molecular weight is 298 g/mol. The minimum absolute atomic E-state index is 0.0521. The molecule has 0 aliphatic carbocycles. The number of carbonyl (C=O) groups excluding carboxylic acids is 2. The Kier molecular flexibility index (Phi) is 7.51. The lowest BCUT2D eigenvalue weighted by Crippen LogP contribution is -2.17. The summed E-state index contributed by atoms with van der Waals surface area (Å²) in [6.07, 6.45) is 11.1. The molecule has 0 N–H and O–H groups in total. The maximum absolute atomic E-state index is 11.8. The highest BCUT2D eigenvalue weighted by atomic mass is 16.1. The minimum Gasteiger partial charge on any atom is -0.294 e. The Labute approximate surface area is 133 Å². The van der Waals surface area contributed by atoms with E-state index in [0.717, 1.165) is 31.2 Å². The Hall–Kier alpha value is -1.96. The van der Waals surface area contributed by atoms with E-state index in [1.54, 1.807) is 12.2 Å². The van der Waals surface area contributed by atoms with Crippen LogP contribution < -0.4 is 0 Å². The third-order valence-corrected chi connectivity index (χ3v) is 3.33. The van der Waals surface area contributed by atoms with Crippen molar-refractivity contribution < 1.29 is 9.59 Å². The third kappa shape index (κ3) is 7.16. The lowest BCUT2D eigenvalue weighted by Gasteiger charge is -2.12. The molecule has 22 heavy (non-hydrogen) atoms. The van der Waals surface area contributed by atoms with E-state index in [-0.39, 0.29) is 17.0 Å². The summed E-state index contributed by atoms with van der Waals surface area (Å²) in [6, 6.07) is 9.28. The molecule has 0 atom stereocenters. The second kappa shape index (κ2) is 9.14. The Morgan fingerprint density at radius 2 is 1.45 bits per heavy atom. The van der Waals surface area contributed by atoms with E-state index in [1.807, 2.05) is 63.3 Å². The molecule has 2 nitrogen and oxygen atoms in total. The van der Waals surface area contributed by atoms with Gasteiger partial charge in [0, 0.05) is 11.0 Å². The highest BCUT2D eigenvalue weighted by Gasteiger charge is 2.17. The summed E-state index contributed by atoms with van der Waals surface area (Å²) < 4.78 is 0. The third-order valence-electron chi connectivity index (χ3n) is 3.33. The second-order valence-corrected chi connectivity index (χ2v) is 6.43. The smallest absolute Gasteiger partial charge is 0.185 e. The fraction of sp³-hybridized carbons (Fsp3) is 0.400. The predicted octanol–water partition coefficient (Wildman–Crippen LogP) is 5.16. The summed E-state index contributed by atoms with van der Waals surface area (Å²) in [6.45, 7) is 5.77. The van der Waals surface area contributed by atoms with E-state index in [0.29, 0.717) is 0 Å². The van der Waals surface area contributed by atoms with Gasteiger partial charge in [0.1, 0.15) is 0 Å². The van der Waals surface area contributed by atoms with Crippen LogP contribution in [0.5, 0.6) is 0 Å². The molecule has 1 rings (SSSR count). The summed E-state index contributed by atoms with van der Waals surface area (Å²) in [5.74, 6) is 0.220. The van der Waals surface area contributed by atoms with Crippen molar-refractivity contribution >= 4 is 11.6 Å². The van der Waals surface area contributed by atoms with Gasteiger partial charge in [-0.15, -0.1) is 0 Å². The van der Waals surface area contributed by atoms with Crippen molar-refractivity contribution in [3.05, 3.63) is 60.2 Å². The van der Waals surface area contributed by atoms with E-state index >= 15 is 0 Å². The maximum Gasteiger partial charge on any atom is 0.185 e. The molecule has 0 aromatic heterocycles. The molecule has 0 radical (unpaired) electrons. The van der Waals surface area contributed by atoms with Crippen LogP contribution in [-0.2, 0) is 4.79 Å². The zero-order chi connectivity index (χ0) is 16.4. The molecule has 2 heteroatoms. The first-order valence-electron chi connectivity index (χ1n) is 7.88. The topological polar surface area (TPSA) is 34.1 Å². The molecule has 0 amide bonds. The van der Waals surface area contributed by atoms with Crippen molar-refractivity contribution in [3.8, 4) is 0 Å². The Morgan fingerprint density at radius 3 is 2.00 bits per heavy atom. The van der Waals surface area contributed by atoms with Crippen LogP contribution in [0.25, 0.3) is 0 Å². The maximum atomic E-state index is 11.8. The number of unbranched alkanes of at least 4 members (excludes halogenated alkanes) is 3. The van der Waals surface area contributed by atoms with Crippen molar-refractivity contribution in [2.75, 3.05) is 0 Å². The van der Waals surface area contributed by atoms with Gasteiger partial charge in [-0.1, -0.05) is 63.3 Å². The Balaban J connectivity index is 2.18. The molecule has 0 spiro atoms. The zero-order valence-electron chi connectivity index (χ0n) is 13.8. The summed E-state index contributed by atoms with van der Waals surface area (Å²) >= 11 is 0. The largest absolute Gasteiger partial charge is 0.294 e. The summed E-state index contributed by atoms with van der Waals surface area (Å²) in [5.41, 5.74) is 0.430. The van der Waals surface area contributed by atoms with Gasteiger partial charge in [-0.2, -0.15) is 0 Å². The molecule has 118 valence electrons. The van der Waals surface area contributed by atoms with Gasteiger partial charge in [-0.3, -0.25) is 9.59 Å². The molecule has 0 heterocycles. The van der Waals surface area contributed by atoms with E-state index in [2.05, 4.69) is 0 Å². The summed E-state index contributed by atoms with van der Waals surface area (Å²) in [4.78, 5) is 23.5. The first-order valence-corrected chi connectivity index (χ1v) is 7.88. The highest BCUT2D eigenvalue weighted by molar-refractivity contribution is 6.04. The summed E-state index contributed by atoms with van der Waals surface area (Å²) in [5, 5.41) is 0.